The quantitative estimate of drug-likeness (QED) is 0.469. The summed E-state index contributed by atoms with van der Waals surface area (Å²) in [7, 11) is 2.06. The summed E-state index contributed by atoms with van der Waals surface area (Å²) >= 11 is 0. The lowest BCUT2D eigenvalue weighted by Gasteiger charge is -2.22. The molecular formula is C24H32N4O2. The molecule has 0 spiro atoms. The van der Waals surface area contributed by atoms with Crippen LogP contribution in [0.4, 0.5) is 0 Å². The van der Waals surface area contributed by atoms with Crippen LogP contribution >= 0.6 is 0 Å². The summed E-state index contributed by atoms with van der Waals surface area (Å²) in [5, 5.41) is 6.28. The smallest absolute Gasteiger partial charge is 0.258 e. The summed E-state index contributed by atoms with van der Waals surface area (Å²) < 4.78 is 5.56. The minimum absolute atomic E-state index is 0.0495. The Balaban J connectivity index is 1.46. The number of hydrogen-bond acceptors (Lipinski definition) is 3. The van der Waals surface area contributed by atoms with Gasteiger partial charge in [-0.2, -0.15) is 0 Å². The molecule has 0 unspecified atom stereocenters. The molecule has 0 aliphatic heterocycles. The third-order valence-electron chi connectivity index (χ3n) is 4.86. The fourth-order valence-corrected chi connectivity index (χ4v) is 3.09. The van der Waals surface area contributed by atoms with Crippen LogP contribution in [0.3, 0.4) is 0 Å². The highest BCUT2D eigenvalue weighted by Crippen LogP contribution is 2.18. The maximum atomic E-state index is 11.7. The summed E-state index contributed by atoms with van der Waals surface area (Å²) in [4.78, 5) is 18.6. The first kappa shape index (κ1) is 21.7. The van der Waals surface area contributed by atoms with Gasteiger partial charge in [0.2, 0.25) is 0 Å². The molecule has 0 saturated heterocycles. The van der Waals surface area contributed by atoms with Gasteiger partial charge in [0.05, 0.1) is 0 Å². The van der Waals surface area contributed by atoms with E-state index in [-0.39, 0.29) is 12.5 Å². The van der Waals surface area contributed by atoms with E-state index in [1.165, 1.54) is 11.1 Å². The van der Waals surface area contributed by atoms with Crippen molar-refractivity contribution >= 4 is 11.9 Å². The predicted octanol–water partition coefficient (Wildman–Crippen LogP) is 2.98. The lowest BCUT2D eigenvalue weighted by molar-refractivity contribution is -0.123. The van der Waals surface area contributed by atoms with Gasteiger partial charge in [-0.15, -0.1) is 0 Å². The van der Waals surface area contributed by atoms with Crippen LogP contribution in [-0.2, 0) is 17.8 Å². The lowest BCUT2D eigenvalue weighted by atomic mass is 10.1. The first-order valence-corrected chi connectivity index (χ1v) is 10.7. The maximum Gasteiger partial charge on any atom is 0.258 e. The first-order chi connectivity index (χ1) is 14.6. The maximum absolute atomic E-state index is 11.7. The van der Waals surface area contributed by atoms with E-state index in [1.807, 2.05) is 30.3 Å². The van der Waals surface area contributed by atoms with Crippen molar-refractivity contribution in [3.05, 3.63) is 65.7 Å². The third-order valence-corrected chi connectivity index (χ3v) is 4.86. The molecule has 0 aromatic heterocycles. The SMILES string of the molecule is CCNC(=NCCc1ccc(OCC(=O)NC2CC2)cc1)N(C)Cc1ccccc1. The van der Waals surface area contributed by atoms with Gasteiger partial charge in [0.1, 0.15) is 5.75 Å². The largest absolute Gasteiger partial charge is 0.484 e. The van der Waals surface area contributed by atoms with Crippen molar-refractivity contribution in [1.29, 1.82) is 0 Å². The van der Waals surface area contributed by atoms with E-state index in [2.05, 4.69) is 53.8 Å². The highest BCUT2D eigenvalue weighted by Gasteiger charge is 2.23. The Morgan fingerprint density at radius 1 is 1.10 bits per heavy atom. The van der Waals surface area contributed by atoms with E-state index < -0.39 is 0 Å². The molecule has 6 nitrogen and oxygen atoms in total. The summed E-state index contributed by atoms with van der Waals surface area (Å²) in [5.74, 6) is 1.57. The molecule has 2 N–H and O–H groups in total. The number of carbonyl (C=O) groups is 1. The Morgan fingerprint density at radius 3 is 2.50 bits per heavy atom. The minimum atomic E-state index is -0.0495. The number of nitrogens with one attached hydrogen (secondary N) is 2. The first-order valence-electron chi connectivity index (χ1n) is 10.7. The van der Waals surface area contributed by atoms with Gasteiger partial charge in [-0.25, -0.2) is 0 Å². The van der Waals surface area contributed by atoms with E-state index in [0.29, 0.717) is 18.3 Å². The zero-order chi connectivity index (χ0) is 21.2. The van der Waals surface area contributed by atoms with Crippen molar-refractivity contribution in [2.75, 3.05) is 26.7 Å². The van der Waals surface area contributed by atoms with E-state index >= 15 is 0 Å². The summed E-state index contributed by atoms with van der Waals surface area (Å²) in [5.41, 5.74) is 2.45. The summed E-state index contributed by atoms with van der Waals surface area (Å²) in [6, 6.07) is 18.6. The molecule has 2 aromatic rings. The Morgan fingerprint density at radius 2 is 1.83 bits per heavy atom. The molecule has 1 aliphatic carbocycles. The number of carbonyl (C=O) groups excluding carboxylic acids is 1. The Bertz CT molecular complexity index is 817. The van der Waals surface area contributed by atoms with Gasteiger partial charge in [-0.3, -0.25) is 9.79 Å². The van der Waals surface area contributed by atoms with Gasteiger partial charge >= 0.3 is 0 Å². The van der Waals surface area contributed by atoms with Gasteiger partial charge in [-0.1, -0.05) is 42.5 Å². The van der Waals surface area contributed by atoms with Crippen LogP contribution in [0.15, 0.2) is 59.6 Å². The minimum Gasteiger partial charge on any atom is -0.484 e. The molecule has 1 aliphatic rings. The standard InChI is InChI=1S/C24H32N4O2/c1-3-25-24(28(2)17-20-7-5-4-6-8-20)26-16-15-19-9-13-22(14-10-19)30-18-23(29)27-21-11-12-21/h4-10,13-14,21H,3,11-12,15-18H2,1-2H3,(H,25,26)(H,27,29). The molecule has 1 amide bonds. The lowest BCUT2D eigenvalue weighted by Crippen LogP contribution is -2.38. The predicted molar refractivity (Wildman–Crippen MR) is 121 cm³/mol. The van der Waals surface area contributed by atoms with Crippen molar-refractivity contribution in [3.8, 4) is 5.75 Å². The van der Waals surface area contributed by atoms with Gasteiger partial charge in [0.25, 0.3) is 5.91 Å². The second-order valence-corrected chi connectivity index (χ2v) is 7.60. The van der Waals surface area contributed by atoms with E-state index in [4.69, 9.17) is 9.73 Å². The molecule has 0 atom stereocenters. The Labute approximate surface area is 179 Å². The molecule has 1 saturated carbocycles. The highest BCUT2D eigenvalue weighted by atomic mass is 16.5. The van der Waals surface area contributed by atoms with E-state index in [0.717, 1.165) is 38.3 Å². The number of hydrogen-bond donors (Lipinski definition) is 2. The van der Waals surface area contributed by atoms with E-state index in [1.54, 1.807) is 0 Å². The van der Waals surface area contributed by atoms with E-state index in [9.17, 15) is 4.79 Å². The molecule has 2 aromatic carbocycles. The number of ether oxygens (including phenoxy) is 1. The summed E-state index contributed by atoms with van der Waals surface area (Å²) in [6.45, 7) is 4.49. The molecule has 0 bridgehead atoms. The fourth-order valence-electron chi connectivity index (χ4n) is 3.09. The van der Waals surface area contributed by atoms with Crippen LogP contribution in [0.5, 0.6) is 5.75 Å². The molecule has 6 heteroatoms. The zero-order valence-corrected chi connectivity index (χ0v) is 17.9. The average molecular weight is 409 g/mol. The number of nitrogens with zero attached hydrogens (tertiary/aromatic N) is 2. The topological polar surface area (TPSA) is 66.0 Å². The van der Waals surface area contributed by atoms with Gasteiger partial charge < -0.3 is 20.3 Å². The Kier molecular flexibility index (Phi) is 8.12. The summed E-state index contributed by atoms with van der Waals surface area (Å²) in [6.07, 6.45) is 3.01. The van der Waals surface area contributed by atoms with Gasteiger partial charge in [0.15, 0.2) is 12.6 Å². The van der Waals surface area contributed by atoms with Gasteiger partial charge in [-0.05, 0) is 49.4 Å². The number of benzene rings is 2. The highest BCUT2D eigenvalue weighted by molar-refractivity contribution is 5.79. The molecule has 0 heterocycles. The molecule has 1 fully saturated rings. The Hall–Kier alpha value is -3.02. The van der Waals surface area contributed by atoms with Crippen LogP contribution in [0, 0.1) is 0 Å². The fraction of sp³-hybridized carbons (Fsp3) is 0.417. The van der Waals surface area contributed by atoms with Crippen molar-refractivity contribution in [3.63, 3.8) is 0 Å². The molecule has 0 radical (unpaired) electrons. The number of amides is 1. The molecule has 160 valence electrons. The van der Waals surface area contributed by atoms with Crippen molar-refractivity contribution in [1.82, 2.24) is 15.5 Å². The normalized spacial score (nSPS) is 13.6. The number of rotatable bonds is 10. The number of guanidine groups is 1. The molecule has 30 heavy (non-hydrogen) atoms. The zero-order valence-electron chi connectivity index (χ0n) is 17.9. The van der Waals surface area contributed by atoms with Crippen molar-refractivity contribution in [2.45, 2.75) is 38.8 Å². The van der Waals surface area contributed by atoms with Crippen LogP contribution in [0.2, 0.25) is 0 Å². The monoisotopic (exact) mass is 408 g/mol. The van der Waals surface area contributed by atoms with Crippen LogP contribution < -0.4 is 15.4 Å². The van der Waals surface area contributed by atoms with Crippen molar-refractivity contribution < 1.29 is 9.53 Å². The van der Waals surface area contributed by atoms with Gasteiger partial charge in [0, 0.05) is 32.7 Å². The third kappa shape index (κ3) is 7.43. The average Bonchev–Trinajstić information content (AvgIpc) is 3.57. The van der Waals surface area contributed by atoms with Crippen LogP contribution in [0.1, 0.15) is 30.9 Å². The van der Waals surface area contributed by atoms with Crippen LogP contribution in [0.25, 0.3) is 0 Å². The van der Waals surface area contributed by atoms with Crippen LogP contribution in [-0.4, -0.2) is 49.6 Å². The second kappa shape index (κ2) is 11.2. The molecule has 3 rings (SSSR count). The number of aliphatic imine (C=N–C) groups is 1. The second-order valence-electron chi connectivity index (χ2n) is 7.60. The molecular weight excluding hydrogens is 376 g/mol. The van der Waals surface area contributed by atoms with Crippen molar-refractivity contribution in [2.24, 2.45) is 4.99 Å².